The van der Waals surface area contributed by atoms with Crippen molar-refractivity contribution in [2.75, 3.05) is 24.0 Å². The number of benzene rings is 2. The molecule has 0 bridgehead atoms. The zero-order valence-corrected chi connectivity index (χ0v) is 15.2. The standard InChI is InChI=1S/C21H22N4O2/c1-2-10-22-19-12-20(25-21(24-19)16-6-4-3-5-7-16)23-13-15-8-9-17-18(11-15)27-14-26-17/h3-9,11-12H,2,10,13-14H2,1H3,(H2,22,23,24,25). The normalized spacial score (nSPS) is 12.0. The Morgan fingerprint density at radius 2 is 1.67 bits per heavy atom. The van der Waals surface area contributed by atoms with Crippen LogP contribution < -0.4 is 20.1 Å². The molecule has 2 N–H and O–H groups in total. The van der Waals surface area contributed by atoms with Gasteiger partial charge >= 0.3 is 0 Å². The highest BCUT2D eigenvalue weighted by molar-refractivity contribution is 5.61. The van der Waals surface area contributed by atoms with Crippen molar-refractivity contribution in [1.29, 1.82) is 0 Å². The van der Waals surface area contributed by atoms with Crippen molar-refractivity contribution in [2.24, 2.45) is 0 Å². The molecule has 0 radical (unpaired) electrons. The number of aromatic nitrogens is 2. The van der Waals surface area contributed by atoms with E-state index in [1.165, 1.54) is 0 Å². The monoisotopic (exact) mass is 362 g/mol. The summed E-state index contributed by atoms with van der Waals surface area (Å²) >= 11 is 0. The molecule has 6 heteroatoms. The third-order valence-corrected chi connectivity index (χ3v) is 4.22. The van der Waals surface area contributed by atoms with Crippen LogP contribution in [-0.4, -0.2) is 23.3 Å². The van der Waals surface area contributed by atoms with Crippen molar-refractivity contribution >= 4 is 11.6 Å². The fraction of sp³-hybridized carbons (Fsp3) is 0.238. The summed E-state index contributed by atoms with van der Waals surface area (Å²) in [6.45, 7) is 3.91. The highest BCUT2D eigenvalue weighted by Crippen LogP contribution is 2.32. The molecular formula is C21H22N4O2. The van der Waals surface area contributed by atoms with Gasteiger partial charge in [0.05, 0.1) is 0 Å². The molecule has 0 aliphatic carbocycles. The van der Waals surface area contributed by atoms with Crippen LogP contribution in [0.25, 0.3) is 11.4 Å². The van der Waals surface area contributed by atoms with E-state index in [9.17, 15) is 0 Å². The number of rotatable bonds is 7. The summed E-state index contributed by atoms with van der Waals surface area (Å²) in [4.78, 5) is 9.33. The Hall–Kier alpha value is -3.28. The smallest absolute Gasteiger partial charge is 0.231 e. The van der Waals surface area contributed by atoms with Crippen molar-refractivity contribution < 1.29 is 9.47 Å². The van der Waals surface area contributed by atoms with E-state index >= 15 is 0 Å². The zero-order chi connectivity index (χ0) is 18.5. The lowest BCUT2D eigenvalue weighted by molar-refractivity contribution is 0.174. The highest BCUT2D eigenvalue weighted by Gasteiger charge is 2.13. The maximum Gasteiger partial charge on any atom is 0.231 e. The molecule has 0 spiro atoms. The molecule has 0 saturated heterocycles. The highest BCUT2D eigenvalue weighted by atomic mass is 16.7. The molecule has 0 unspecified atom stereocenters. The summed E-state index contributed by atoms with van der Waals surface area (Å²) in [5, 5.41) is 6.74. The number of hydrogen-bond acceptors (Lipinski definition) is 6. The molecule has 2 heterocycles. The van der Waals surface area contributed by atoms with Crippen LogP contribution in [0.2, 0.25) is 0 Å². The maximum atomic E-state index is 5.45. The van der Waals surface area contributed by atoms with E-state index in [1.807, 2.05) is 54.6 Å². The van der Waals surface area contributed by atoms with Crippen molar-refractivity contribution in [3.8, 4) is 22.9 Å². The summed E-state index contributed by atoms with van der Waals surface area (Å²) in [6.07, 6.45) is 1.03. The van der Waals surface area contributed by atoms with Crippen LogP contribution in [0, 0.1) is 0 Å². The molecule has 2 aromatic carbocycles. The summed E-state index contributed by atoms with van der Waals surface area (Å²) in [7, 11) is 0. The van der Waals surface area contributed by atoms with Crippen molar-refractivity contribution in [1.82, 2.24) is 9.97 Å². The van der Waals surface area contributed by atoms with Gasteiger partial charge in [-0.3, -0.25) is 0 Å². The van der Waals surface area contributed by atoms with Crippen LogP contribution in [0.5, 0.6) is 11.5 Å². The zero-order valence-electron chi connectivity index (χ0n) is 15.2. The minimum Gasteiger partial charge on any atom is -0.454 e. The molecular weight excluding hydrogens is 340 g/mol. The van der Waals surface area contributed by atoms with E-state index in [0.717, 1.165) is 47.2 Å². The van der Waals surface area contributed by atoms with E-state index in [2.05, 4.69) is 27.5 Å². The number of anilines is 2. The van der Waals surface area contributed by atoms with Gasteiger partial charge in [0, 0.05) is 24.7 Å². The molecule has 1 aliphatic rings. The van der Waals surface area contributed by atoms with Crippen LogP contribution in [-0.2, 0) is 6.54 Å². The Labute approximate surface area is 158 Å². The lowest BCUT2D eigenvalue weighted by atomic mass is 10.2. The second-order valence-electron chi connectivity index (χ2n) is 6.30. The molecule has 3 aromatic rings. The minimum atomic E-state index is 0.283. The lowest BCUT2D eigenvalue weighted by Crippen LogP contribution is -2.07. The largest absolute Gasteiger partial charge is 0.454 e. The second kappa shape index (κ2) is 7.95. The van der Waals surface area contributed by atoms with E-state index in [4.69, 9.17) is 9.47 Å². The Bertz CT molecular complexity index is 915. The van der Waals surface area contributed by atoms with Gasteiger partial charge in [-0.05, 0) is 24.1 Å². The van der Waals surface area contributed by atoms with Crippen LogP contribution in [0.4, 0.5) is 11.6 Å². The SMILES string of the molecule is CCCNc1cc(NCc2ccc3c(c2)OCO3)nc(-c2ccccc2)n1. The van der Waals surface area contributed by atoms with Crippen LogP contribution in [0.3, 0.4) is 0 Å². The Morgan fingerprint density at radius 3 is 2.48 bits per heavy atom. The van der Waals surface area contributed by atoms with Gasteiger partial charge in [0.1, 0.15) is 11.6 Å². The number of nitrogens with zero attached hydrogens (tertiary/aromatic N) is 2. The van der Waals surface area contributed by atoms with Gasteiger partial charge in [-0.25, -0.2) is 9.97 Å². The molecule has 0 fully saturated rings. The van der Waals surface area contributed by atoms with Crippen LogP contribution in [0.1, 0.15) is 18.9 Å². The second-order valence-corrected chi connectivity index (χ2v) is 6.30. The van der Waals surface area contributed by atoms with Gasteiger partial charge in [0.15, 0.2) is 17.3 Å². The predicted molar refractivity (Wildman–Crippen MR) is 106 cm³/mol. The maximum absolute atomic E-state index is 5.45. The molecule has 138 valence electrons. The predicted octanol–water partition coefficient (Wildman–Crippen LogP) is 4.31. The number of nitrogens with one attached hydrogen (secondary N) is 2. The number of fused-ring (bicyclic) bond motifs is 1. The first-order valence-corrected chi connectivity index (χ1v) is 9.12. The van der Waals surface area contributed by atoms with Crippen molar-refractivity contribution in [3.05, 3.63) is 60.2 Å². The Balaban J connectivity index is 1.55. The lowest BCUT2D eigenvalue weighted by Gasteiger charge is -2.11. The van der Waals surface area contributed by atoms with Gasteiger partial charge in [-0.15, -0.1) is 0 Å². The summed E-state index contributed by atoms with van der Waals surface area (Å²) in [5.41, 5.74) is 2.09. The topological polar surface area (TPSA) is 68.3 Å². The minimum absolute atomic E-state index is 0.283. The summed E-state index contributed by atoms with van der Waals surface area (Å²) < 4.78 is 10.8. The van der Waals surface area contributed by atoms with Crippen molar-refractivity contribution in [2.45, 2.75) is 19.9 Å². The molecule has 1 aromatic heterocycles. The first-order valence-electron chi connectivity index (χ1n) is 9.12. The van der Waals surface area contributed by atoms with E-state index < -0.39 is 0 Å². The number of hydrogen-bond donors (Lipinski definition) is 2. The van der Waals surface area contributed by atoms with Crippen molar-refractivity contribution in [3.63, 3.8) is 0 Å². The van der Waals surface area contributed by atoms with Gasteiger partial charge in [0.25, 0.3) is 0 Å². The summed E-state index contributed by atoms with van der Waals surface area (Å²) in [5.74, 6) is 3.87. The third-order valence-electron chi connectivity index (χ3n) is 4.22. The first-order chi connectivity index (χ1) is 13.3. The van der Waals surface area contributed by atoms with E-state index in [1.54, 1.807) is 0 Å². The molecule has 1 aliphatic heterocycles. The molecule has 0 saturated carbocycles. The molecule has 27 heavy (non-hydrogen) atoms. The molecule has 0 amide bonds. The fourth-order valence-corrected chi connectivity index (χ4v) is 2.84. The van der Waals surface area contributed by atoms with Gasteiger partial charge in [-0.2, -0.15) is 0 Å². The van der Waals surface area contributed by atoms with Crippen LogP contribution >= 0.6 is 0 Å². The van der Waals surface area contributed by atoms with Gasteiger partial charge in [0.2, 0.25) is 6.79 Å². The third kappa shape index (κ3) is 4.11. The Kier molecular flexibility index (Phi) is 5.05. The van der Waals surface area contributed by atoms with E-state index in [0.29, 0.717) is 12.4 Å². The van der Waals surface area contributed by atoms with Gasteiger partial charge in [-0.1, -0.05) is 43.3 Å². The first kappa shape index (κ1) is 17.1. The van der Waals surface area contributed by atoms with Gasteiger partial charge < -0.3 is 20.1 Å². The molecule has 0 atom stereocenters. The number of ether oxygens (including phenoxy) is 2. The fourth-order valence-electron chi connectivity index (χ4n) is 2.84. The molecule has 6 nitrogen and oxygen atoms in total. The quantitative estimate of drug-likeness (QED) is 0.653. The molecule has 4 rings (SSSR count). The summed E-state index contributed by atoms with van der Waals surface area (Å²) in [6, 6.07) is 17.9. The van der Waals surface area contributed by atoms with E-state index in [-0.39, 0.29) is 6.79 Å². The Morgan fingerprint density at radius 1 is 0.889 bits per heavy atom. The van der Waals surface area contributed by atoms with Crippen LogP contribution in [0.15, 0.2) is 54.6 Å². The average Bonchev–Trinajstić information content (AvgIpc) is 3.19. The average molecular weight is 362 g/mol.